The Morgan fingerprint density at radius 1 is 1.07 bits per heavy atom. The molecule has 0 spiro atoms. The van der Waals surface area contributed by atoms with Gasteiger partial charge in [-0.15, -0.1) is 11.8 Å². The number of aromatic nitrogens is 2. The summed E-state index contributed by atoms with van der Waals surface area (Å²) in [6, 6.07) is 14.9. The molecule has 1 aromatic heterocycles. The average molecular weight is 404 g/mol. The van der Waals surface area contributed by atoms with Gasteiger partial charge in [-0.2, -0.15) is 4.98 Å². The first-order valence-corrected chi connectivity index (χ1v) is 10.9. The third-order valence-electron chi connectivity index (χ3n) is 3.95. The lowest BCUT2D eigenvalue weighted by atomic mass is 10.1. The highest BCUT2D eigenvalue weighted by atomic mass is 32.2. The minimum atomic E-state index is -3.42. The first-order valence-electron chi connectivity index (χ1n) is 8.35. The maximum atomic E-state index is 12.2. The Bertz CT molecular complexity index is 1010. The van der Waals surface area contributed by atoms with Crippen LogP contribution in [0.25, 0.3) is 11.4 Å². The number of hydrogen-bond donors (Lipinski definition) is 0. The molecule has 0 aliphatic heterocycles. The normalized spacial score (nSPS) is 11.9. The molecule has 8 heteroatoms. The fraction of sp³-hybridized carbons (Fsp3) is 0.263. The molecule has 3 rings (SSSR count). The van der Waals surface area contributed by atoms with Crippen LogP contribution in [0.5, 0.6) is 0 Å². The Balaban J connectivity index is 1.62. The van der Waals surface area contributed by atoms with Crippen LogP contribution in [0.3, 0.4) is 0 Å². The summed E-state index contributed by atoms with van der Waals surface area (Å²) in [5, 5.41) is 4.02. The summed E-state index contributed by atoms with van der Waals surface area (Å²) in [6.45, 7) is 2.03. The van der Waals surface area contributed by atoms with Crippen LogP contribution in [0, 0.1) is 6.92 Å². The number of rotatable bonds is 7. The standard InChI is InChI=1S/C19H21N3O3S2/c1-14-7-9-16(10-8-14)19-20-18(25-21-19)13-26-12-15-5-4-6-17(11-15)27(23,24)22(2)3/h4-11H,12-13H2,1-3H3. The van der Waals surface area contributed by atoms with E-state index >= 15 is 0 Å². The molecular formula is C19H21N3O3S2. The summed E-state index contributed by atoms with van der Waals surface area (Å²) in [5.74, 6) is 2.33. The Morgan fingerprint density at radius 2 is 1.81 bits per heavy atom. The molecule has 0 fully saturated rings. The van der Waals surface area contributed by atoms with Gasteiger partial charge in [-0.05, 0) is 24.6 Å². The molecule has 0 saturated carbocycles. The van der Waals surface area contributed by atoms with Crippen LogP contribution in [-0.2, 0) is 21.5 Å². The summed E-state index contributed by atoms with van der Waals surface area (Å²) in [5.41, 5.74) is 3.03. The van der Waals surface area contributed by atoms with Gasteiger partial charge in [-0.25, -0.2) is 12.7 Å². The lowest BCUT2D eigenvalue weighted by Crippen LogP contribution is -2.22. The van der Waals surface area contributed by atoms with Crippen LogP contribution in [0.4, 0.5) is 0 Å². The van der Waals surface area contributed by atoms with E-state index in [2.05, 4.69) is 10.1 Å². The predicted molar refractivity (Wildman–Crippen MR) is 107 cm³/mol. The van der Waals surface area contributed by atoms with E-state index in [4.69, 9.17) is 4.52 Å². The molecular weight excluding hydrogens is 382 g/mol. The van der Waals surface area contributed by atoms with Crippen LogP contribution in [-0.4, -0.2) is 37.0 Å². The van der Waals surface area contributed by atoms with Gasteiger partial charge < -0.3 is 4.52 Å². The van der Waals surface area contributed by atoms with Crippen molar-refractivity contribution in [1.29, 1.82) is 0 Å². The second-order valence-electron chi connectivity index (χ2n) is 6.31. The van der Waals surface area contributed by atoms with Crippen molar-refractivity contribution >= 4 is 21.8 Å². The molecule has 0 N–H and O–H groups in total. The van der Waals surface area contributed by atoms with Gasteiger partial charge in [-0.3, -0.25) is 0 Å². The molecule has 0 bridgehead atoms. The van der Waals surface area contributed by atoms with Crippen LogP contribution in [0.2, 0.25) is 0 Å². The zero-order chi connectivity index (χ0) is 19.4. The number of sulfonamides is 1. The van der Waals surface area contributed by atoms with Crippen LogP contribution < -0.4 is 0 Å². The van der Waals surface area contributed by atoms with E-state index in [1.807, 2.05) is 37.3 Å². The van der Waals surface area contributed by atoms with Crippen LogP contribution in [0.1, 0.15) is 17.0 Å². The number of nitrogens with zero attached hydrogens (tertiary/aromatic N) is 3. The average Bonchev–Trinajstić information content (AvgIpc) is 3.11. The topological polar surface area (TPSA) is 76.3 Å². The van der Waals surface area contributed by atoms with E-state index in [9.17, 15) is 8.42 Å². The van der Waals surface area contributed by atoms with Gasteiger partial charge in [-0.1, -0.05) is 47.1 Å². The highest BCUT2D eigenvalue weighted by Crippen LogP contribution is 2.22. The number of aryl methyl sites for hydroxylation is 1. The van der Waals surface area contributed by atoms with E-state index in [-0.39, 0.29) is 0 Å². The molecule has 0 atom stereocenters. The molecule has 27 heavy (non-hydrogen) atoms. The molecule has 0 saturated heterocycles. The van der Waals surface area contributed by atoms with E-state index in [0.717, 1.165) is 11.1 Å². The smallest absolute Gasteiger partial charge is 0.242 e. The number of benzene rings is 2. The molecule has 1 heterocycles. The van der Waals surface area contributed by atoms with Gasteiger partial charge in [0.05, 0.1) is 10.6 Å². The third kappa shape index (κ3) is 4.77. The van der Waals surface area contributed by atoms with Crippen molar-refractivity contribution in [3.05, 3.63) is 65.5 Å². The summed E-state index contributed by atoms with van der Waals surface area (Å²) in [4.78, 5) is 4.72. The molecule has 0 aliphatic rings. The van der Waals surface area contributed by atoms with E-state index in [1.54, 1.807) is 30.0 Å². The molecule has 142 valence electrons. The number of thioether (sulfide) groups is 1. The quantitative estimate of drug-likeness (QED) is 0.598. The maximum absolute atomic E-state index is 12.2. The van der Waals surface area contributed by atoms with Crippen molar-refractivity contribution in [2.45, 2.75) is 23.3 Å². The third-order valence-corrected chi connectivity index (χ3v) is 6.75. The summed E-state index contributed by atoms with van der Waals surface area (Å²) in [7, 11) is -0.372. The van der Waals surface area contributed by atoms with Crippen LogP contribution in [0.15, 0.2) is 57.9 Å². The summed E-state index contributed by atoms with van der Waals surface area (Å²) >= 11 is 1.59. The van der Waals surface area contributed by atoms with Crippen molar-refractivity contribution < 1.29 is 12.9 Å². The van der Waals surface area contributed by atoms with Gasteiger partial charge in [0.1, 0.15) is 0 Å². The largest absolute Gasteiger partial charge is 0.338 e. The Kier molecular flexibility index (Phi) is 5.98. The van der Waals surface area contributed by atoms with Gasteiger partial charge in [0, 0.05) is 25.4 Å². The molecule has 0 aliphatic carbocycles. The molecule has 2 aromatic carbocycles. The second-order valence-corrected chi connectivity index (χ2v) is 9.44. The number of hydrogen-bond acceptors (Lipinski definition) is 6. The first kappa shape index (κ1) is 19.6. The second kappa shape index (κ2) is 8.24. The van der Waals surface area contributed by atoms with E-state index in [1.165, 1.54) is 24.0 Å². The van der Waals surface area contributed by atoms with E-state index < -0.39 is 10.0 Å². The predicted octanol–water partition coefficient (Wildman–Crippen LogP) is 3.73. The summed E-state index contributed by atoms with van der Waals surface area (Å²) in [6.07, 6.45) is 0. The van der Waals surface area contributed by atoms with Crippen molar-refractivity contribution in [3.63, 3.8) is 0 Å². The lowest BCUT2D eigenvalue weighted by Gasteiger charge is -2.12. The highest BCUT2D eigenvalue weighted by molar-refractivity contribution is 7.97. The van der Waals surface area contributed by atoms with Crippen molar-refractivity contribution in [2.24, 2.45) is 0 Å². The van der Waals surface area contributed by atoms with Gasteiger partial charge in [0.15, 0.2) is 0 Å². The monoisotopic (exact) mass is 403 g/mol. The fourth-order valence-corrected chi connectivity index (χ4v) is 4.18. The van der Waals surface area contributed by atoms with Crippen molar-refractivity contribution in [2.75, 3.05) is 14.1 Å². The molecule has 0 radical (unpaired) electrons. The molecule has 0 amide bonds. The van der Waals surface area contributed by atoms with Gasteiger partial charge in [0.2, 0.25) is 21.7 Å². The zero-order valence-corrected chi connectivity index (χ0v) is 17.0. The summed E-state index contributed by atoms with van der Waals surface area (Å²) < 4.78 is 31.0. The van der Waals surface area contributed by atoms with Gasteiger partial charge in [0.25, 0.3) is 0 Å². The first-order chi connectivity index (χ1) is 12.9. The van der Waals surface area contributed by atoms with E-state index in [0.29, 0.717) is 28.1 Å². The zero-order valence-electron chi connectivity index (χ0n) is 15.4. The highest BCUT2D eigenvalue weighted by Gasteiger charge is 2.17. The Hall–Kier alpha value is -2.16. The lowest BCUT2D eigenvalue weighted by molar-refractivity contribution is 0.391. The van der Waals surface area contributed by atoms with Crippen molar-refractivity contribution in [3.8, 4) is 11.4 Å². The molecule has 6 nitrogen and oxygen atoms in total. The fourth-order valence-electron chi connectivity index (χ4n) is 2.40. The minimum absolute atomic E-state index is 0.296. The molecule has 3 aromatic rings. The minimum Gasteiger partial charge on any atom is -0.338 e. The van der Waals surface area contributed by atoms with Crippen molar-refractivity contribution in [1.82, 2.24) is 14.4 Å². The van der Waals surface area contributed by atoms with Gasteiger partial charge >= 0.3 is 0 Å². The SMILES string of the molecule is Cc1ccc(-c2noc(CSCc3cccc(S(=O)(=O)N(C)C)c3)n2)cc1. The Morgan fingerprint density at radius 3 is 2.52 bits per heavy atom. The Labute approximate surface area is 163 Å². The van der Waals surface area contributed by atoms with Crippen LogP contribution >= 0.6 is 11.8 Å². The maximum Gasteiger partial charge on any atom is 0.242 e. The molecule has 0 unspecified atom stereocenters.